The Morgan fingerprint density at radius 3 is 2.90 bits per heavy atom. The summed E-state index contributed by atoms with van der Waals surface area (Å²) in [7, 11) is 1.76. The van der Waals surface area contributed by atoms with Crippen LogP contribution < -0.4 is 5.32 Å². The highest BCUT2D eigenvalue weighted by atomic mass is 32.2. The molecule has 114 valence electrons. The SMILES string of the molecule is Cc1cc(CN(C)C(=O)[C@@H]2CSC(C)(C)C(=O)N2)ccn1. The Hall–Kier alpha value is -1.56. The lowest BCUT2D eigenvalue weighted by molar-refractivity contribution is -0.136. The molecular weight excluding hydrogens is 286 g/mol. The van der Waals surface area contributed by atoms with Crippen LogP contribution in [0.5, 0.6) is 0 Å². The maximum atomic E-state index is 12.4. The van der Waals surface area contributed by atoms with Gasteiger partial charge in [-0.15, -0.1) is 11.8 Å². The summed E-state index contributed by atoms with van der Waals surface area (Å²) in [5.74, 6) is 0.475. The van der Waals surface area contributed by atoms with Gasteiger partial charge in [0.05, 0.1) is 4.75 Å². The molecule has 0 aliphatic carbocycles. The molecule has 0 bridgehead atoms. The Labute approximate surface area is 129 Å². The van der Waals surface area contributed by atoms with Crippen LogP contribution in [0.1, 0.15) is 25.1 Å². The van der Waals surface area contributed by atoms with Crippen LogP contribution in [0.25, 0.3) is 0 Å². The summed E-state index contributed by atoms with van der Waals surface area (Å²) in [5.41, 5.74) is 1.96. The van der Waals surface area contributed by atoms with Crippen LogP contribution >= 0.6 is 11.8 Å². The first-order chi connectivity index (χ1) is 9.79. The van der Waals surface area contributed by atoms with E-state index in [0.29, 0.717) is 12.3 Å². The normalized spacial score (nSPS) is 20.8. The summed E-state index contributed by atoms with van der Waals surface area (Å²) in [6.07, 6.45) is 1.74. The number of thioether (sulfide) groups is 1. The highest BCUT2D eigenvalue weighted by molar-refractivity contribution is 8.01. The molecule has 1 aliphatic rings. The zero-order chi connectivity index (χ0) is 15.6. The summed E-state index contributed by atoms with van der Waals surface area (Å²) in [6.45, 7) is 6.18. The van der Waals surface area contributed by atoms with E-state index in [1.165, 1.54) is 11.8 Å². The predicted molar refractivity (Wildman–Crippen MR) is 83.9 cm³/mol. The Morgan fingerprint density at radius 1 is 1.57 bits per heavy atom. The molecule has 2 rings (SSSR count). The fraction of sp³-hybridized carbons (Fsp3) is 0.533. The van der Waals surface area contributed by atoms with E-state index in [0.717, 1.165) is 11.3 Å². The molecule has 0 unspecified atom stereocenters. The van der Waals surface area contributed by atoms with Gasteiger partial charge in [-0.05, 0) is 38.5 Å². The number of likely N-dealkylation sites (N-methyl/N-ethyl adjacent to an activating group) is 1. The molecule has 0 saturated carbocycles. The van der Waals surface area contributed by atoms with Crippen molar-refractivity contribution in [3.8, 4) is 0 Å². The highest BCUT2D eigenvalue weighted by Gasteiger charge is 2.38. The molecule has 1 aromatic rings. The van der Waals surface area contributed by atoms with Crippen molar-refractivity contribution < 1.29 is 9.59 Å². The maximum Gasteiger partial charge on any atom is 0.246 e. The van der Waals surface area contributed by atoms with Crippen molar-refractivity contribution in [3.05, 3.63) is 29.6 Å². The smallest absolute Gasteiger partial charge is 0.246 e. The second kappa shape index (κ2) is 6.05. The number of pyridine rings is 1. The monoisotopic (exact) mass is 307 g/mol. The third-order valence-corrected chi connectivity index (χ3v) is 4.93. The van der Waals surface area contributed by atoms with E-state index >= 15 is 0 Å². The van der Waals surface area contributed by atoms with E-state index in [1.54, 1.807) is 18.1 Å². The number of amides is 2. The van der Waals surface area contributed by atoms with Gasteiger partial charge >= 0.3 is 0 Å². The third kappa shape index (κ3) is 3.75. The lowest BCUT2D eigenvalue weighted by Crippen LogP contribution is -2.57. The molecule has 0 aromatic carbocycles. The number of hydrogen-bond donors (Lipinski definition) is 1. The van der Waals surface area contributed by atoms with Gasteiger partial charge in [0, 0.05) is 31.2 Å². The average Bonchev–Trinajstić information content (AvgIpc) is 2.41. The van der Waals surface area contributed by atoms with Gasteiger partial charge in [-0.3, -0.25) is 14.6 Å². The molecule has 2 heterocycles. The molecule has 6 heteroatoms. The van der Waals surface area contributed by atoms with Crippen LogP contribution in [-0.2, 0) is 16.1 Å². The minimum Gasteiger partial charge on any atom is -0.342 e. The minimum atomic E-state index is -0.461. The van der Waals surface area contributed by atoms with Crippen molar-refractivity contribution >= 4 is 23.6 Å². The fourth-order valence-electron chi connectivity index (χ4n) is 2.18. The zero-order valence-electron chi connectivity index (χ0n) is 12.8. The summed E-state index contributed by atoms with van der Waals surface area (Å²) in [5, 5.41) is 2.82. The number of nitrogens with zero attached hydrogens (tertiary/aromatic N) is 2. The molecule has 1 aromatic heterocycles. The minimum absolute atomic E-state index is 0.0548. The first-order valence-electron chi connectivity index (χ1n) is 6.91. The van der Waals surface area contributed by atoms with Crippen molar-refractivity contribution in [1.29, 1.82) is 0 Å². The van der Waals surface area contributed by atoms with Gasteiger partial charge < -0.3 is 10.2 Å². The summed E-state index contributed by atoms with van der Waals surface area (Å²) >= 11 is 1.52. The molecule has 1 aliphatic heterocycles. The van der Waals surface area contributed by atoms with Crippen molar-refractivity contribution in [1.82, 2.24) is 15.2 Å². The van der Waals surface area contributed by atoms with Crippen LogP contribution in [0, 0.1) is 6.92 Å². The first kappa shape index (κ1) is 15.8. The topological polar surface area (TPSA) is 62.3 Å². The van der Waals surface area contributed by atoms with Crippen molar-refractivity contribution in [2.75, 3.05) is 12.8 Å². The number of carbonyl (C=O) groups excluding carboxylic acids is 2. The van der Waals surface area contributed by atoms with Crippen LogP contribution in [0.2, 0.25) is 0 Å². The van der Waals surface area contributed by atoms with E-state index in [1.807, 2.05) is 32.9 Å². The van der Waals surface area contributed by atoms with Gasteiger partial charge in [0.15, 0.2) is 0 Å². The number of aromatic nitrogens is 1. The number of aryl methyl sites for hydroxylation is 1. The molecule has 1 saturated heterocycles. The summed E-state index contributed by atoms with van der Waals surface area (Å²) < 4.78 is -0.461. The van der Waals surface area contributed by atoms with Crippen LogP contribution in [-0.4, -0.2) is 45.3 Å². The molecule has 0 spiro atoms. The van der Waals surface area contributed by atoms with E-state index in [-0.39, 0.29) is 11.8 Å². The summed E-state index contributed by atoms with van der Waals surface area (Å²) in [4.78, 5) is 30.2. The molecular formula is C15H21N3O2S. The van der Waals surface area contributed by atoms with Gasteiger partial charge in [0.1, 0.15) is 6.04 Å². The lowest BCUT2D eigenvalue weighted by Gasteiger charge is -2.34. The Bertz CT molecular complexity index is 560. The second-order valence-electron chi connectivity index (χ2n) is 5.85. The predicted octanol–water partition coefficient (Wildman–Crippen LogP) is 1.36. The Kier molecular flexibility index (Phi) is 4.56. The van der Waals surface area contributed by atoms with Gasteiger partial charge in [0.25, 0.3) is 0 Å². The quantitative estimate of drug-likeness (QED) is 0.916. The maximum absolute atomic E-state index is 12.4. The van der Waals surface area contributed by atoms with Crippen molar-refractivity contribution in [2.24, 2.45) is 0 Å². The fourth-order valence-corrected chi connectivity index (χ4v) is 3.18. The molecule has 1 N–H and O–H groups in total. The van der Waals surface area contributed by atoms with Gasteiger partial charge in [-0.1, -0.05) is 0 Å². The van der Waals surface area contributed by atoms with Gasteiger partial charge in [0.2, 0.25) is 11.8 Å². The molecule has 5 nitrogen and oxygen atoms in total. The van der Waals surface area contributed by atoms with Gasteiger partial charge in [-0.25, -0.2) is 0 Å². The third-order valence-electron chi connectivity index (χ3n) is 3.52. The van der Waals surface area contributed by atoms with E-state index in [2.05, 4.69) is 10.3 Å². The molecule has 1 fully saturated rings. The highest BCUT2D eigenvalue weighted by Crippen LogP contribution is 2.29. The standard InChI is InChI=1S/C15H21N3O2S/c1-10-7-11(5-6-16-10)8-18(4)13(19)12-9-21-15(2,3)14(20)17-12/h5-7,12H,8-9H2,1-4H3,(H,17,20)/t12-/m0/s1. The van der Waals surface area contributed by atoms with Crippen LogP contribution in [0.3, 0.4) is 0 Å². The summed E-state index contributed by atoms with van der Waals surface area (Å²) in [6, 6.07) is 3.42. The molecule has 2 amide bonds. The lowest BCUT2D eigenvalue weighted by atomic mass is 10.1. The average molecular weight is 307 g/mol. The largest absolute Gasteiger partial charge is 0.342 e. The zero-order valence-corrected chi connectivity index (χ0v) is 13.7. The van der Waals surface area contributed by atoms with Crippen molar-refractivity contribution in [2.45, 2.75) is 38.1 Å². The number of carbonyl (C=O) groups is 2. The first-order valence-corrected chi connectivity index (χ1v) is 7.89. The number of nitrogens with one attached hydrogen (secondary N) is 1. The van der Waals surface area contributed by atoms with E-state index < -0.39 is 10.8 Å². The molecule has 1 atom stereocenters. The second-order valence-corrected chi connectivity index (χ2v) is 7.49. The van der Waals surface area contributed by atoms with Crippen LogP contribution in [0.4, 0.5) is 0 Å². The Balaban J connectivity index is 1.98. The number of hydrogen-bond acceptors (Lipinski definition) is 4. The molecule has 21 heavy (non-hydrogen) atoms. The van der Waals surface area contributed by atoms with E-state index in [9.17, 15) is 9.59 Å². The van der Waals surface area contributed by atoms with Crippen LogP contribution in [0.15, 0.2) is 18.3 Å². The van der Waals surface area contributed by atoms with Gasteiger partial charge in [-0.2, -0.15) is 0 Å². The van der Waals surface area contributed by atoms with E-state index in [4.69, 9.17) is 0 Å². The van der Waals surface area contributed by atoms with Crippen molar-refractivity contribution in [3.63, 3.8) is 0 Å². The molecule has 0 radical (unpaired) electrons. The Morgan fingerprint density at radius 2 is 2.29 bits per heavy atom. The number of rotatable bonds is 3.